The van der Waals surface area contributed by atoms with Crippen molar-refractivity contribution >= 4 is 39.8 Å². The molecule has 3 heterocycles. The molecule has 0 aliphatic carbocycles. The number of thioether (sulfide) groups is 1. The van der Waals surface area contributed by atoms with Crippen molar-refractivity contribution in [3.63, 3.8) is 0 Å². The van der Waals surface area contributed by atoms with Crippen LogP contribution < -0.4 is 4.74 Å². The largest absolute Gasteiger partial charge is 0.497 e. The molecule has 7 nitrogen and oxygen atoms in total. The lowest BCUT2D eigenvalue weighted by Crippen LogP contribution is -2.35. The first-order valence-corrected chi connectivity index (χ1v) is 10.4. The number of ether oxygens (including phenoxy) is 1. The van der Waals surface area contributed by atoms with E-state index in [0.29, 0.717) is 5.17 Å². The lowest BCUT2D eigenvalue weighted by atomic mass is 10.1. The number of benzene rings is 1. The SMILES string of the molecule is COc1cccc(-n2c(C)cc(/C=C3/C(=N)N4N=C(C(C)C)SC4=NC3=O)c2C)c1. The van der Waals surface area contributed by atoms with Crippen LogP contribution in [0.25, 0.3) is 11.8 Å². The summed E-state index contributed by atoms with van der Waals surface area (Å²) in [5, 5.41) is 15.8. The smallest absolute Gasteiger partial charge is 0.283 e. The van der Waals surface area contributed by atoms with Crippen molar-refractivity contribution in [1.82, 2.24) is 9.58 Å². The number of hydrogen-bond donors (Lipinski definition) is 1. The second kappa shape index (κ2) is 7.60. The van der Waals surface area contributed by atoms with Gasteiger partial charge in [0.1, 0.15) is 10.8 Å². The maximum atomic E-state index is 12.7. The highest BCUT2D eigenvalue weighted by atomic mass is 32.2. The Balaban J connectivity index is 1.74. The molecule has 30 heavy (non-hydrogen) atoms. The van der Waals surface area contributed by atoms with E-state index in [0.717, 1.165) is 33.4 Å². The Bertz CT molecular complexity index is 1160. The van der Waals surface area contributed by atoms with E-state index in [-0.39, 0.29) is 17.3 Å². The van der Waals surface area contributed by atoms with E-state index in [1.54, 1.807) is 13.2 Å². The molecule has 2 aliphatic rings. The van der Waals surface area contributed by atoms with Crippen LogP contribution in [0.2, 0.25) is 0 Å². The van der Waals surface area contributed by atoms with E-state index in [9.17, 15) is 4.79 Å². The second-order valence-corrected chi connectivity index (χ2v) is 8.46. The number of amidine groups is 2. The molecule has 1 N–H and O–H groups in total. The van der Waals surface area contributed by atoms with Crippen LogP contribution in [0.5, 0.6) is 5.75 Å². The van der Waals surface area contributed by atoms with E-state index in [2.05, 4.69) is 14.7 Å². The van der Waals surface area contributed by atoms with Gasteiger partial charge in [-0.05, 0) is 55.4 Å². The number of hydrazone groups is 1. The molecule has 1 aromatic carbocycles. The quantitative estimate of drug-likeness (QED) is 0.743. The fraction of sp³-hybridized carbons (Fsp3) is 0.273. The number of fused-ring (bicyclic) bond motifs is 1. The molecule has 0 atom stereocenters. The number of rotatable bonds is 4. The van der Waals surface area contributed by atoms with Gasteiger partial charge in [0.2, 0.25) is 5.17 Å². The van der Waals surface area contributed by atoms with Gasteiger partial charge in [-0.25, -0.2) is 0 Å². The Hall–Kier alpha value is -3.13. The zero-order valence-corrected chi connectivity index (χ0v) is 18.4. The molecule has 0 bridgehead atoms. The molecule has 4 rings (SSSR count). The fourth-order valence-corrected chi connectivity index (χ4v) is 4.37. The Morgan fingerprint density at radius 3 is 2.70 bits per heavy atom. The molecule has 0 saturated heterocycles. The van der Waals surface area contributed by atoms with Gasteiger partial charge < -0.3 is 9.30 Å². The van der Waals surface area contributed by atoms with E-state index in [1.165, 1.54) is 16.8 Å². The van der Waals surface area contributed by atoms with Crippen LogP contribution in [0.15, 0.2) is 46.0 Å². The van der Waals surface area contributed by atoms with Crippen molar-refractivity contribution in [2.45, 2.75) is 27.7 Å². The molecule has 1 amide bonds. The van der Waals surface area contributed by atoms with Crippen molar-refractivity contribution in [2.24, 2.45) is 16.0 Å². The van der Waals surface area contributed by atoms with Crippen molar-refractivity contribution in [3.8, 4) is 11.4 Å². The summed E-state index contributed by atoms with van der Waals surface area (Å²) in [4.78, 5) is 16.8. The van der Waals surface area contributed by atoms with Crippen LogP contribution >= 0.6 is 11.8 Å². The Labute approximate surface area is 179 Å². The molecule has 2 aromatic rings. The van der Waals surface area contributed by atoms with Gasteiger partial charge in [-0.3, -0.25) is 10.2 Å². The Morgan fingerprint density at radius 2 is 2.00 bits per heavy atom. The molecule has 0 fully saturated rings. The lowest BCUT2D eigenvalue weighted by Gasteiger charge is -2.20. The highest BCUT2D eigenvalue weighted by Gasteiger charge is 2.36. The zero-order chi connectivity index (χ0) is 21.6. The third-order valence-electron chi connectivity index (χ3n) is 5.05. The van der Waals surface area contributed by atoms with Crippen molar-refractivity contribution in [1.29, 1.82) is 5.41 Å². The van der Waals surface area contributed by atoms with Crippen LogP contribution in [-0.2, 0) is 4.79 Å². The van der Waals surface area contributed by atoms with Gasteiger partial charge >= 0.3 is 0 Å². The number of aliphatic imine (C=N–C) groups is 1. The van der Waals surface area contributed by atoms with Gasteiger partial charge in [0.15, 0.2) is 5.84 Å². The number of methoxy groups -OCH3 is 1. The Morgan fingerprint density at radius 1 is 1.23 bits per heavy atom. The number of hydrogen-bond acceptors (Lipinski definition) is 5. The number of nitrogens with one attached hydrogen (secondary N) is 1. The first-order chi connectivity index (χ1) is 14.3. The van der Waals surface area contributed by atoms with Gasteiger partial charge in [-0.15, -0.1) is 0 Å². The minimum absolute atomic E-state index is 0.0549. The average molecular weight is 422 g/mol. The second-order valence-electron chi connectivity index (χ2n) is 7.48. The summed E-state index contributed by atoms with van der Waals surface area (Å²) >= 11 is 1.35. The molecule has 8 heteroatoms. The maximum Gasteiger partial charge on any atom is 0.283 e. The monoisotopic (exact) mass is 421 g/mol. The third-order valence-corrected chi connectivity index (χ3v) is 6.25. The first kappa shape index (κ1) is 20.2. The van der Waals surface area contributed by atoms with Crippen LogP contribution in [0.3, 0.4) is 0 Å². The first-order valence-electron chi connectivity index (χ1n) is 9.63. The summed E-state index contributed by atoms with van der Waals surface area (Å²) in [6, 6.07) is 9.82. The number of amides is 1. The predicted molar refractivity (Wildman–Crippen MR) is 122 cm³/mol. The van der Waals surface area contributed by atoms with Crippen molar-refractivity contribution < 1.29 is 9.53 Å². The molecule has 1 aromatic heterocycles. The van der Waals surface area contributed by atoms with E-state index in [4.69, 9.17) is 10.1 Å². The standard InChI is InChI=1S/C22H23N5O2S/c1-12(2)21-25-27-19(23)18(20(28)24-22(27)30-21)10-15-9-13(3)26(14(15)4)16-7-6-8-17(11-16)29-5/h6-12,23H,1-5H3/b18-10-,23-19?. The molecule has 2 aliphatic heterocycles. The number of nitrogens with zero attached hydrogens (tertiary/aromatic N) is 4. The van der Waals surface area contributed by atoms with Crippen LogP contribution in [0.4, 0.5) is 0 Å². The van der Waals surface area contributed by atoms with E-state index < -0.39 is 5.91 Å². The van der Waals surface area contributed by atoms with Crippen LogP contribution in [-0.4, -0.2) is 38.6 Å². The van der Waals surface area contributed by atoms with E-state index >= 15 is 0 Å². The average Bonchev–Trinajstić information content (AvgIpc) is 3.26. The molecular weight excluding hydrogens is 398 g/mol. The maximum absolute atomic E-state index is 12.7. The summed E-state index contributed by atoms with van der Waals surface area (Å²) in [6.45, 7) is 8.06. The van der Waals surface area contributed by atoms with Crippen LogP contribution in [0.1, 0.15) is 30.8 Å². The normalized spacial score (nSPS) is 17.5. The minimum atomic E-state index is -0.412. The highest BCUT2D eigenvalue weighted by Crippen LogP contribution is 2.32. The van der Waals surface area contributed by atoms with Crippen molar-refractivity contribution in [2.75, 3.05) is 7.11 Å². The molecule has 0 spiro atoms. The van der Waals surface area contributed by atoms with Crippen LogP contribution in [0, 0.1) is 25.2 Å². The van der Waals surface area contributed by atoms with Gasteiger partial charge in [0.05, 0.1) is 12.7 Å². The number of carbonyl (C=O) groups excluding carboxylic acids is 1. The summed E-state index contributed by atoms with van der Waals surface area (Å²) in [5.74, 6) is 0.626. The van der Waals surface area contributed by atoms with Gasteiger partial charge in [-0.2, -0.15) is 15.1 Å². The predicted octanol–water partition coefficient (Wildman–Crippen LogP) is 4.38. The number of aromatic nitrogens is 1. The molecule has 0 unspecified atom stereocenters. The van der Waals surface area contributed by atoms with Gasteiger partial charge in [0, 0.05) is 29.1 Å². The molecular formula is C22H23N5O2S. The summed E-state index contributed by atoms with van der Waals surface area (Å²) in [7, 11) is 1.64. The van der Waals surface area contributed by atoms with E-state index in [1.807, 2.05) is 58.0 Å². The summed E-state index contributed by atoms with van der Waals surface area (Å²) < 4.78 is 7.44. The highest BCUT2D eigenvalue weighted by molar-refractivity contribution is 8.27. The molecule has 0 radical (unpaired) electrons. The lowest BCUT2D eigenvalue weighted by molar-refractivity contribution is -0.114. The Kier molecular flexibility index (Phi) is 5.11. The number of aryl methyl sites for hydroxylation is 1. The minimum Gasteiger partial charge on any atom is -0.497 e. The fourth-order valence-electron chi connectivity index (χ4n) is 3.48. The summed E-state index contributed by atoms with van der Waals surface area (Å²) in [5.41, 5.74) is 4.05. The third kappa shape index (κ3) is 3.37. The van der Waals surface area contributed by atoms with Gasteiger partial charge in [0.25, 0.3) is 5.91 Å². The van der Waals surface area contributed by atoms with Crippen molar-refractivity contribution in [3.05, 3.63) is 52.9 Å². The summed E-state index contributed by atoms with van der Waals surface area (Å²) in [6.07, 6.45) is 1.73. The molecule has 154 valence electrons. The molecule has 0 saturated carbocycles. The topological polar surface area (TPSA) is 83.0 Å². The number of carbonyl (C=O) groups is 1. The zero-order valence-electron chi connectivity index (χ0n) is 17.6. The van der Waals surface area contributed by atoms with Gasteiger partial charge in [-0.1, -0.05) is 19.9 Å².